The van der Waals surface area contributed by atoms with Gasteiger partial charge in [-0.3, -0.25) is 4.68 Å². The molecule has 0 atom stereocenters. The Kier molecular flexibility index (Phi) is 6.62. The number of hydrogen-bond acceptors (Lipinski definition) is 2. The van der Waals surface area contributed by atoms with E-state index in [9.17, 15) is 0 Å². The predicted octanol–water partition coefficient (Wildman–Crippen LogP) is 7.60. The van der Waals surface area contributed by atoms with Crippen molar-refractivity contribution in [3.63, 3.8) is 0 Å². The lowest BCUT2D eigenvalue weighted by atomic mass is 9.81. The van der Waals surface area contributed by atoms with E-state index in [-0.39, 0.29) is 5.82 Å². The summed E-state index contributed by atoms with van der Waals surface area (Å²) < 4.78 is 17.4. The van der Waals surface area contributed by atoms with Gasteiger partial charge in [-0.25, -0.2) is 4.39 Å². The summed E-state index contributed by atoms with van der Waals surface area (Å²) in [5, 5.41) is 6.13. The number of thioether (sulfide) groups is 1. The minimum absolute atomic E-state index is 0.145. The van der Waals surface area contributed by atoms with E-state index in [4.69, 9.17) is 5.10 Å². The number of rotatable bonds is 6. The molecule has 1 aliphatic carbocycles. The van der Waals surface area contributed by atoms with Crippen molar-refractivity contribution in [2.45, 2.75) is 57.5 Å². The maximum Gasteiger partial charge on any atom is 0.134 e. The fourth-order valence-electron chi connectivity index (χ4n) is 4.73. The average Bonchev–Trinajstić information content (AvgIpc) is 3.14. The Morgan fingerprint density at radius 3 is 2.37 bits per heavy atom. The van der Waals surface area contributed by atoms with Crippen LogP contribution in [0.1, 0.15) is 44.6 Å². The smallest absolute Gasteiger partial charge is 0.134 e. The van der Waals surface area contributed by atoms with Crippen molar-refractivity contribution in [1.82, 2.24) is 9.78 Å². The topological polar surface area (TPSA) is 17.8 Å². The van der Waals surface area contributed by atoms with Crippen molar-refractivity contribution in [1.29, 1.82) is 0 Å². The van der Waals surface area contributed by atoms with E-state index in [2.05, 4.69) is 30.0 Å². The first-order chi connectivity index (χ1) is 14.6. The van der Waals surface area contributed by atoms with E-state index in [1.165, 1.54) is 32.1 Å². The van der Waals surface area contributed by atoms with Gasteiger partial charge >= 0.3 is 0 Å². The summed E-state index contributed by atoms with van der Waals surface area (Å²) in [6, 6.07) is 15.9. The van der Waals surface area contributed by atoms with Gasteiger partial charge in [-0.05, 0) is 43.4 Å². The maximum absolute atomic E-state index is 15.2. The molecule has 2 nitrogen and oxygen atoms in total. The molecule has 1 fully saturated rings. The number of aromatic nitrogens is 2. The Bertz CT molecular complexity index is 988. The van der Waals surface area contributed by atoms with Crippen LogP contribution in [-0.4, -0.2) is 16.0 Å². The molecule has 0 radical (unpaired) electrons. The summed E-state index contributed by atoms with van der Waals surface area (Å²) in [7, 11) is 0. The molecule has 1 aromatic heterocycles. The number of benzene rings is 2. The van der Waals surface area contributed by atoms with Gasteiger partial charge in [0.2, 0.25) is 0 Å². The minimum atomic E-state index is -0.145. The maximum atomic E-state index is 15.2. The van der Waals surface area contributed by atoms with Crippen LogP contribution in [0.5, 0.6) is 0 Å². The highest BCUT2D eigenvalue weighted by Gasteiger charge is 2.26. The summed E-state index contributed by atoms with van der Waals surface area (Å²) in [6.07, 6.45) is 8.54. The lowest BCUT2D eigenvalue weighted by Gasteiger charge is -2.28. The molecular formula is C26H31FN2S. The first-order valence-corrected chi connectivity index (χ1v) is 12.3. The van der Waals surface area contributed by atoms with Gasteiger partial charge < -0.3 is 0 Å². The Morgan fingerprint density at radius 2 is 1.70 bits per heavy atom. The number of aryl methyl sites for hydroxylation is 1. The zero-order valence-electron chi connectivity index (χ0n) is 18.2. The molecule has 0 aliphatic heterocycles. The van der Waals surface area contributed by atoms with Gasteiger partial charge in [0, 0.05) is 23.2 Å². The van der Waals surface area contributed by atoms with E-state index in [0.717, 1.165) is 34.3 Å². The van der Waals surface area contributed by atoms with Crippen LogP contribution in [0.3, 0.4) is 0 Å². The molecule has 0 N–H and O–H groups in total. The third-order valence-corrected chi connectivity index (χ3v) is 7.38. The summed E-state index contributed by atoms with van der Waals surface area (Å²) in [4.78, 5) is 0. The fourth-order valence-corrected chi connectivity index (χ4v) is 5.46. The third-order valence-electron chi connectivity index (χ3n) is 6.58. The van der Waals surface area contributed by atoms with Crippen molar-refractivity contribution >= 4 is 11.8 Å². The fraction of sp³-hybridized carbons (Fsp3) is 0.423. The SMILES string of the molecule is CCC1CCC(Cn2nc(-c3ccccc3)c(-c3cccc(C)c3F)c2SC)CC1. The van der Waals surface area contributed by atoms with Crippen LogP contribution in [0.4, 0.5) is 4.39 Å². The number of hydrogen-bond donors (Lipinski definition) is 0. The van der Waals surface area contributed by atoms with Gasteiger partial charge in [-0.15, -0.1) is 11.8 Å². The Labute approximate surface area is 183 Å². The highest BCUT2D eigenvalue weighted by molar-refractivity contribution is 7.98. The predicted molar refractivity (Wildman–Crippen MR) is 125 cm³/mol. The first kappa shape index (κ1) is 21.2. The van der Waals surface area contributed by atoms with E-state index >= 15 is 4.39 Å². The van der Waals surface area contributed by atoms with Gasteiger partial charge in [0.15, 0.2) is 0 Å². The molecule has 4 rings (SSSR count). The molecule has 1 aliphatic rings. The monoisotopic (exact) mass is 422 g/mol. The number of nitrogens with zero attached hydrogens (tertiary/aromatic N) is 2. The Balaban J connectivity index is 1.79. The molecule has 1 heterocycles. The molecule has 0 bridgehead atoms. The molecule has 30 heavy (non-hydrogen) atoms. The van der Waals surface area contributed by atoms with E-state index < -0.39 is 0 Å². The highest BCUT2D eigenvalue weighted by Crippen LogP contribution is 2.41. The zero-order chi connectivity index (χ0) is 21.1. The Morgan fingerprint density at radius 1 is 1.00 bits per heavy atom. The number of halogens is 1. The minimum Gasteiger partial charge on any atom is -0.258 e. The first-order valence-electron chi connectivity index (χ1n) is 11.1. The van der Waals surface area contributed by atoms with Crippen molar-refractivity contribution in [2.75, 3.05) is 6.26 Å². The zero-order valence-corrected chi connectivity index (χ0v) is 19.0. The molecule has 0 unspecified atom stereocenters. The van der Waals surface area contributed by atoms with Crippen molar-refractivity contribution in [3.05, 3.63) is 59.9 Å². The molecule has 3 aromatic rings. The van der Waals surface area contributed by atoms with Crippen molar-refractivity contribution < 1.29 is 4.39 Å². The quantitative estimate of drug-likeness (QED) is 0.381. The van der Waals surface area contributed by atoms with Crippen LogP contribution >= 0.6 is 11.8 Å². The van der Waals surface area contributed by atoms with Crippen LogP contribution in [0.2, 0.25) is 0 Å². The molecule has 2 aromatic carbocycles. The molecule has 0 amide bonds. The molecule has 0 spiro atoms. The van der Waals surface area contributed by atoms with Crippen LogP contribution in [0, 0.1) is 24.6 Å². The van der Waals surface area contributed by atoms with Gasteiger partial charge in [-0.2, -0.15) is 5.10 Å². The molecule has 158 valence electrons. The van der Waals surface area contributed by atoms with E-state index in [1.54, 1.807) is 11.8 Å². The standard InChI is InChI=1S/C26H31FN2S/c1-4-19-13-15-20(16-14-19)17-29-26(30-3)23(22-12-8-9-18(2)24(22)27)25(28-29)21-10-6-5-7-11-21/h5-12,19-20H,4,13-17H2,1-3H3. The molecular weight excluding hydrogens is 391 g/mol. The lowest BCUT2D eigenvalue weighted by molar-refractivity contribution is 0.238. The van der Waals surface area contributed by atoms with E-state index in [0.29, 0.717) is 17.0 Å². The van der Waals surface area contributed by atoms with Gasteiger partial charge in [0.25, 0.3) is 0 Å². The average molecular weight is 423 g/mol. The van der Waals surface area contributed by atoms with Crippen molar-refractivity contribution in [2.24, 2.45) is 11.8 Å². The third kappa shape index (κ3) is 4.20. The normalized spacial score (nSPS) is 19.2. The second-order valence-corrected chi connectivity index (χ2v) is 9.31. The van der Waals surface area contributed by atoms with Gasteiger partial charge in [0.1, 0.15) is 16.5 Å². The summed E-state index contributed by atoms with van der Waals surface area (Å²) >= 11 is 1.67. The summed E-state index contributed by atoms with van der Waals surface area (Å²) in [5.74, 6) is 1.39. The summed E-state index contributed by atoms with van der Waals surface area (Å²) in [5.41, 5.74) is 4.17. The highest BCUT2D eigenvalue weighted by atomic mass is 32.2. The van der Waals surface area contributed by atoms with Crippen LogP contribution < -0.4 is 0 Å². The van der Waals surface area contributed by atoms with Crippen LogP contribution in [-0.2, 0) is 6.54 Å². The second-order valence-electron chi connectivity index (χ2n) is 8.51. The van der Waals surface area contributed by atoms with Gasteiger partial charge in [0.05, 0.1) is 0 Å². The van der Waals surface area contributed by atoms with Crippen molar-refractivity contribution in [3.8, 4) is 22.4 Å². The summed E-state index contributed by atoms with van der Waals surface area (Å²) in [6.45, 7) is 5.05. The molecule has 4 heteroatoms. The Hall–Kier alpha value is -2.07. The molecule has 0 saturated heterocycles. The van der Waals surface area contributed by atoms with Crippen LogP contribution in [0.25, 0.3) is 22.4 Å². The lowest BCUT2D eigenvalue weighted by Crippen LogP contribution is -2.19. The van der Waals surface area contributed by atoms with E-state index in [1.807, 2.05) is 43.3 Å². The second kappa shape index (κ2) is 9.38. The molecule has 1 saturated carbocycles. The van der Waals surface area contributed by atoms with Crippen LogP contribution in [0.15, 0.2) is 53.6 Å². The van der Waals surface area contributed by atoms with Gasteiger partial charge in [-0.1, -0.05) is 74.7 Å². The largest absolute Gasteiger partial charge is 0.258 e.